The largest absolute Gasteiger partial charge is 0.465 e. The molecular weight excluding hydrogens is 288 g/mol. The highest BCUT2D eigenvalue weighted by Gasteiger charge is 2.31. The molecule has 0 spiro atoms. The van der Waals surface area contributed by atoms with E-state index in [9.17, 15) is 9.59 Å². The van der Waals surface area contributed by atoms with E-state index in [0.29, 0.717) is 17.0 Å². The molecule has 0 saturated carbocycles. The maximum Gasteiger partial charge on any atom is 0.341 e. The van der Waals surface area contributed by atoms with Crippen LogP contribution in [0.5, 0.6) is 0 Å². The summed E-state index contributed by atoms with van der Waals surface area (Å²) in [5.74, 6) is -0.659. The van der Waals surface area contributed by atoms with Gasteiger partial charge in [0.15, 0.2) is 0 Å². The summed E-state index contributed by atoms with van der Waals surface area (Å²) < 4.78 is 4.88. The van der Waals surface area contributed by atoms with E-state index < -0.39 is 5.54 Å². The minimum atomic E-state index is -0.947. The van der Waals surface area contributed by atoms with Crippen molar-refractivity contribution in [3.05, 3.63) is 16.0 Å². The molecule has 1 aliphatic rings. The van der Waals surface area contributed by atoms with Crippen LogP contribution in [0, 0.1) is 0 Å². The third-order valence-electron chi connectivity index (χ3n) is 4.04. The summed E-state index contributed by atoms with van der Waals surface area (Å²) in [4.78, 5) is 25.5. The number of rotatable bonds is 4. The van der Waals surface area contributed by atoms with Gasteiger partial charge in [-0.05, 0) is 44.6 Å². The molecule has 1 unspecified atom stereocenters. The Morgan fingerprint density at radius 1 is 1.38 bits per heavy atom. The van der Waals surface area contributed by atoms with Crippen molar-refractivity contribution >= 4 is 28.2 Å². The molecular formula is C15H22N2O3S. The number of esters is 1. The minimum Gasteiger partial charge on any atom is -0.465 e. The summed E-state index contributed by atoms with van der Waals surface area (Å²) in [5.41, 5.74) is 6.56. The lowest BCUT2D eigenvalue weighted by molar-refractivity contribution is -0.120. The molecule has 6 heteroatoms. The zero-order chi connectivity index (χ0) is 15.6. The van der Waals surface area contributed by atoms with Crippen LogP contribution in [0.25, 0.3) is 0 Å². The van der Waals surface area contributed by atoms with E-state index in [1.807, 2.05) is 6.92 Å². The zero-order valence-corrected chi connectivity index (χ0v) is 13.6. The molecule has 1 atom stereocenters. The number of carbonyl (C=O) groups excluding carboxylic acids is 2. The molecule has 1 heterocycles. The van der Waals surface area contributed by atoms with Gasteiger partial charge in [0.1, 0.15) is 5.00 Å². The Balaban J connectivity index is 2.37. The second-order valence-corrected chi connectivity index (χ2v) is 6.74. The number of ether oxygens (including phenoxy) is 1. The summed E-state index contributed by atoms with van der Waals surface area (Å²) >= 11 is 1.47. The van der Waals surface area contributed by atoms with Crippen LogP contribution < -0.4 is 11.1 Å². The van der Waals surface area contributed by atoms with Crippen LogP contribution in [-0.4, -0.2) is 24.5 Å². The first-order valence-corrected chi connectivity index (χ1v) is 8.05. The number of thiophene rings is 1. The second-order valence-electron chi connectivity index (χ2n) is 5.63. The number of nitrogens with one attached hydrogen (secondary N) is 1. The summed E-state index contributed by atoms with van der Waals surface area (Å²) in [6, 6.07) is 0. The Kier molecular flexibility index (Phi) is 4.68. The van der Waals surface area contributed by atoms with Gasteiger partial charge in [-0.15, -0.1) is 11.3 Å². The van der Waals surface area contributed by atoms with E-state index in [1.165, 1.54) is 23.3 Å². The monoisotopic (exact) mass is 310 g/mol. The minimum absolute atomic E-state index is 0.270. The first-order valence-electron chi connectivity index (χ1n) is 7.24. The summed E-state index contributed by atoms with van der Waals surface area (Å²) in [6.07, 6.45) is 4.51. The zero-order valence-electron chi connectivity index (χ0n) is 12.7. The Bertz CT molecular complexity index is 564. The number of aryl methyl sites for hydroxylation is 1. The molecule has 1 aliphatic carbocycles. The normalized spacial score (nSPS) is 16.8. The second kappa shape index (κ2) is 6.15. The van der Waals surface area contributed by atoms with Crippen molar-refractivity contribution in [2.45, 2.75) is 51.5 Å². The molecule has 0 saturated heterocycles. The molecule has 1 amide bonds. The highest BCUT2D eigenvalue weighted by molar-refractivity contribution is 7.17. The summed E-state index contributed by atoms with van der Waals surface area (Å²) in [7, 11) is 1.36. The first-order chi connectivity index (χ1) is 9.90. The molecule has 0 radical (unpaired) electrons. The van der Waals surface area contributed by atoms with Crippen LogP contribution in [0.4, 0.5) is 5.00 Å². The average molecular weight is 310 g/mol. The van der Waals surface area contributed by atoms with E-state index in [2.05, 4.69) is 5.32 Å². The summed E-state index contributed by atoms with van der Waals surface area (Å²) in [5, 5.41) is 3.40. The van der Waals surface area contributed by atoms with Crippen LogP contribution in [0.3, 0.4) is 0 Å². The molecule has 0 aliphatic heterocycles. The molecule has 0 fully saturated rings. The number of nitrogens with two attached hydrogens (primary N) is 1. The fourth-order valence-corrected chi connectivity index (χ4v) is 3.65. The maximum absolute atomic E-state index is 12.3. The van der Waals surface area contributed by atoms with Crippen molar-refractivity contribution < 1.29 is 14.3 Å². The van der Waals surface area contributed by atoms with Gasteiger partial charge < -0.3 is 15.8 Å². The standard InChI is InChI=1S/C15H22N2O3S/c1-4-15(2,16)14(19)17-12-11(13(18)20-3)9-7-5-6-8-10(9)21-12/h4-8,16H2,1-3H3,(H,17,19). The van der Waals surface area contributed by atoms with Crippen molar-refractivity contribution in [2.75, 3.05) is 12.4 Å². The molecule has 0 bridgehead atoms. The fraction of sp³-hybridized carbons (Fsp3) is 0.600. The molecule has 0 aromatic carbocycles. The van der Waals surface area contributed by atoms with Gasteiger partial charge in [0.25, 0.3) is 0 Å². The maximum atomic E-state index is 12.3. The van der Waals surface area contributed by atoms with Gasteiger partial charge in [0.05, 0.1) is 18.2 Å². The van der Waals surface area contributed by atoms with Crippen molar-refractivity contribution in [2.24, 2.45) is 5.73 Å². The molecule has 21 heavy (non-hydrogen) atoms. The Morgan fingerprint density at radius 3 is 2.67 bits per heavy atom. The lowest BCUT2D eigenvalue weighted by Gasteiger charge is -2.21. The van der Waals surface area contributed by atoms with Crippen LogP contribution in [0.15, 0.2) is 0 Å². The molecule has 3 N–H and O–H groups in total. The molecule has 5 nitrogen and oxygen atoms in total. The number of fused-ring (bicyclic) bond motifs is 1. The van der Waals surface area contributed by atoms with Gasteiger partial charge in [-0.3, -0.25) is 4.79 Å². The number of anilines is 1. The number of methoxy groups -OCH3 is 1. The van der Waals surface area contributed by atoms with Crippen molar-refractivity contribution in [1.29, 1.82) is 0 Å². The van der Waals surface area contributed by atoms with Crippen LogP contribution in [0.2, 0.25) is 0 Å². The average Bonchev–Trinajstić information content (AvgIpc) is 2.84. The van der Waals surface area contributed by atoms with E-state index in [1.54, 1.807) is 6.92 Å². The van der Waals surface area contributed by atoms with Gasteiger partial charge in [-0.2, -0.15) is 0 Å². The Labute approximate surface area is 128 Å². The van der Waals surface area contributed by atoms with Gasteiger partial charge in [-0.1, -0.05) is 6.92 Å². The SMILES string of the molecule is CCC(C)(N)C(=O)Nc1sc2c(c1C(=O)OC)CCCC2. The number of hydrogen-bond donors (Lipinski definition) is 2. The molecule has 1 aromatic heterocycles. The third kappa shape index (κ3) is 3.11. The Morgan fingerprint density at radius 2 is 2.05 bits per heavy atom. The molecule has 2 rings (SSSR count). The smallest absolute Gasteiger partial charge is 0.341 e. The highest BCUT2D eigenvalue weighted by Crippen LogP contribution is 2.38. The topological polar surface area (TPSA) is 81.4 Å². The van der Waals surface area contributed by atoms with Crippen molar-refractivity contribution in [3.8, 4) is 0 Å². The lowest BCUT2D eigenvalue weighted by atomic mass is 9.95. The number of amides is 1. The summed E-state index contributed by atoms with van der Waals surface area (Å²) in [6.45, 7) is 3.55. The van der Waals surface area contributed by atoms with Crippen LogP contribution >= 0.6 is 11.3 Å². The number of hydrogen-bond acceptors (Lipinski definition) is 5. The first kappa shape index (κ1) is 16.0. The van der Waals surface area contributed by atoms with E-state index in [0.717, 1.165) is 31.2 Å². The van der Waals surface area contributed by atoms with Crippen LogP contribution in [0.1, 0.15) is 53.9 Å². The fourth-order valence-electron chi connectivity index (χ4n) is 2.38. The predicted molar refractivity (Wildman–Crippen MR) is 83.8 cm³/mol. The Hall–Kier alpha value is -1.40. The highest BCUT2D eigenvalue weighted by atomic mass is 32.1. The van der Waals surface area contributed by atoms with Gasteiger partial charge in [-0.25, -0.2) is 4.79 Å². The van der Waals surface area contributed by atoms with Gasteiger partial charge in [0, 0.05) is 4.88 Å². The van der Waals surface area contributed by atoms with E-state index in [-0.39, 0.29) is 11.9 Å². The van der Waals surface area contributed by atoms with Gasteiger partial charge in [0.2, 0.25) is 5.91 Å². The van der Waals surface area contributed by atoms with Crippen molar-refractivity contribution in [3.63, 3.8) is 0 Å². The predicted octanol–water partition coefficient (Wildman–Crippen LogP) is 2.48. The van der Waals surface area contributed by atoms with E-state index in [4.69, 9.17) is 10.5 Å². The lowest BCUT2D eigenvalue weighted by Crippen LogP contribution is -2.47. The van der Waals surface area contributed by atoms with Crippen LogP contribution in [-0.2, 0) is 22.4 Å². The van der Waals surface area contributed by atoms with Gasteiger partial charge >= 0.3 is 5.97 Å². The quantitative estimate of drug-likeness (QED) is 0.837. The van der Waals surface area contributed by atoms with E-state index >= 15 is 0 Å². The van der Waals surface area contributed by atoms with Crippen molar-refractivity contribution in [1.82, 2.24) is 0 Å². The molecule has 1 aromatic rings. The molecule has 116 valence electrons. The number of carbonyl (C=O) groups is 2. The third-order valence-corrected chi connectivity index (χ3v) is 5.25.